The molecule has 0 saturated carbocycles. The highest BCUT2D eigenvalue weighted by Crippen LogP contribution is 2.15. The Bertz CT molecular complexity index is 1240. The first-order valence-electron chi connectivity index (χ1n) is 10.5. The lowest BCUT2D eigenvalue weighted by atomic mass is 10.0. The molecule has 1 heterocycles. The molecule has 168 valence electrons. The monoisotopic (exact) mass is 437 g/mol. The molecule has 0 aliphatic rings. The number of rotatable bonds is 8. The van der Waals surface area contributed by atoms with Crippen molar-refractivity contribution in [2.24, 2.45) is 13.0 Å². The summed E-state index contributed by atoms with van der Waals surface area (Å²) in [6.07, 6.45) is 0.290. The highest BCUT2D eigenvalue weighted by atomic mass is 16.4. The Morgan fingerprint density at radius 2 is 1.62 bits per heavy atom. The summed E-state index contributed by atoms with van der Waals surface area (Å²) >= 11 is 0. The number of aryl methyl sites for hydroxylation is 1. The second kappa shape index (κ2) is 9.64. The lowest BCUT2D eigenvalue weighted by Gasteiger charge is -2.23. The average Bonchev–Trinajstić information content (AvgIpc) is 2.76. The number of carboxylic acids is 1. The smallest absolute Gasteiger partial charge is 0.331 e. The topological polar surface area (TPSA) is 110 Å². The van der Waals surface area contributed by atoms with E-state index < -0.39 is 35.2 Å². The van der Waals surface area contributed by atoms with Gasteiger partial charge in [-0.1, -0.05) is 56.3 Å². The number of carboxylic acid groups (broad SMARTS) is 1. The summed E-state index contributed by atoms with van der Waals surface area (Å²) in [5, 5.41) is 12.4. The molecule has 2 N–H and O–H groups in total. The number of fused-ring (bicyclic) bond motifs is 1. The van der Waals surface area contributed by atoms with Crippen molar-refractivity contribution < 1.29 is 14.7 Å². The molecule has 2 atom stereocenters. The summed E-state index contributed by atoms with van der Waals surface area (Å²) in [5.41, 5.74) is -0.0256. The molecule has 8 heteroatoms. The minimum atomic E-state index is -1.21. The third-order valence-corrected chi connectivity index (χ3v) is 5.42. The maximum absolute atomic E-state index is 13.3. The first-order valence-corrected chi connectivity index (χ1v) is 10.5. The Labute approximate surface area is 185 Å². The molecule has 8 nitrogen and oxygen atoms in total. The quantitative estimate of drug-likeness (QED) is 0.561. The molecule has 3 rings (SSSR count). The van der Waals surface area contributed by atoms with E-state index in [-0.39, 0.29) is 18.8 Å². The van der Waals surface area contributed by atoms with Crippen LogP contribution in [0.1, 0.15) is 31.9 Å². The zero-order valence-corrected chi connectivity index (χ0v) is 18.3. The molecule has 0 radical (unpaired) electrons. The van der Waals surface area contributed by atoms with Gasteiger partial charge < -0.3 is 10.4 Å². The minimum absolute atomic E-state index is 0.0280. The predicted octanol–water partition coefficient (Wildman–Crippen LogP) is 2.10. The molecule has 2 unspecified atom stereocenters. The van der Waals surface area contributed by atoms with Gasteiger partial charge in [-0.15, -0.1) is 0 Å². The Kier molecular flexibility index (Phi) is 6.92. The van der Waals surface area contributed by atoms with Crippen LogP contribution in [0.25, 0.3) is 10.9 Å². The molecule has 3 aromatic rings. The second-order valence-corrected chi connectivity index (χ2v) is 8.27. The zero-order chi connectivity index (χ0) is 23.4. The number of aliphatic carboxylic acids is 1. The first-order chi connectivity index (χ1) is 15.2. The van der Waals surface area contributed by atoms with E-state index in [4.69, 9.17) is 0 Å². The molecular formula is C24H27N3O5. The fraction of sp³-hybridized carbons (Fsp3) is 0.333. The van der Waals surface area contributed by atoms with Gasteiger partial charge in [0.2, 0.25) is 5.91 Å². The van der Waals surface area contributed by atoms with Crippen LogP contribution in [0.2, 0.25) is 0 Å². The van der Waals surface area contributed by atoms with Gasteiger partial charge in [-0.3, -0.25) is 14.2 Å². The van der Waals surface area contributed by atoms with Crippen LogP contribution in [0.5, 0.6) is 0 Å². The van der Waals surface area contributed by atoms with Crippen LogP contribution < -0.4 is 16.6 Å². The number of carbonyl (C=O) groups is 2. The van der Waals surface area contributed by atoms with Crippen molar-refractivity contribution in [3.8, 4) is 0 Å². The summed E-state index contributed by atoms with van der Waals surface area (Å²) in [7, 11) is 1.54. The van der Waals surface area contributed by atoms with Crippen molar-refractivity contribution in [2.45, 2.75) is 38.8 Å². The molecule has 0 spiro atoms. The van der Waals surface area contributed by atoms with E-state index in [0.29, 0.717) is 10.9 Å². The molecule has 32 heavy (non-hydrogen) atoms. The third-order valence-electron chi connectivity index (χ3n) is 5.42. The van der Waals surface area contributed by atoms with E-state index in [1.54, 1.807) is 48.5 Å². The van der Waals surface area contributed by atoms with Gasteiger partial charge >= 0.3 is 11.7 Å². The minimum Gasteiger partial charge on any atom is -0.480 e. The van der Waals surface area contributed by atoms with Crippen molar-refractivity contribution in [3.05, 3.63) is 81.0 Å². The van der Waals surface area contributed by atoms with Crippen LogP contribution in [-0.2, 0) is 23.1 Å². The Morgan fingerprint density at radius 1 is 1.00 bits per heavy atom. The number of hydrogen-bond acceptors (Lipinski definition) is 4. The van der Waals surface area contributed by atoms with E-state index in [2.05, 4.69) is 5.32 Å². The summed E-state index contributed by atoms with van der Waals surface area (Å²) in [6, 6.07) is 13.3. The van der Waals surface area contributed by atoms with Gasteiger partial charge in [-0.2, -0.15) is 0 Å². The van der Waals surface area contributed by atoms with E-state index >= 15 is 0 Å². The Hall–Kier alpha value is -3.68. The van der Waals surface area contributed by atoms with Crippen molar-refractivity contribution in [2.75, 3.05) is 0 Å². The van der Waals surface area contributed by atoms with Gasteiger partial charge in [0.15, 0.2) is 0 Å². The molecule has 0 fully saturated rings. The van der Waals surface area contributed by atoms with Crippen LogP contribution in [-0.4, -0.2) is 32.2 Å². The fourth-order valence-corrected chi connectivity index (χ4v) is 3.80. The van der Waals surface area contributed by atoms with Gasteiger partial charge in [0.25, 0.3) is 5.56 Å². The predicted molar refractivity (Wildman–Crippen MR) is 122 cm³/mol. The van der Waals surface area contributed by atoms with Crippen molar-refractivity contribution in [1.82, 2.24) is 14.5 Å². The number of nitrogens with zero attached hydrogens (tertiary/aromatic N) is 2. The molecule has 1 aromatic heterocycles. The SMILES string of the molecule is CC(C)CC(NC(=O)C(Cc1ccccc1)n1c(=O)c2ccccc2n(C)c1=O)C(=O)O. The number of carbonyl (C=O) groups excluding carboxylic acids is 1. The molecule has 0 bridgehead atoms. The Morgan fingerprint density at radius 3 is 2.25 bits per heavy atom. The maximum atomic E-state index is 13.3. The number of para-hydroxylation sites is 1. The molecule has 1 amide bonds. The third kappa shape index (κ3) is 4.80. The normalized spacial score (nSPS) is 13.1. The lowest BCUT2D eigenvalue weighted by molar-refractivity contribution is -0.142. The maximum Gasteiger partial charge on any atom is 0.331 e. The van der Waals surface area contributed by atoms with Crippen molar-refractivity contribution in [1.29, 1.82) is 0 Å². The number of nitrogens with one attached hydrogen (secondary N) is 1. The van der Waals surface area contributed by atoms with E-state index in [0.717, 1.165) is 10.1 Å². The highest BCUT2D eigenvalue weighted by Gasteiger charge is 2.30. The number of amides is 1. The summed E-state index contributed by atoms with van der Waals surface area (Å²) in [6.45, 7) is 3.71. The fourth-order valence-electron chi connectivity index (χ4n) is 3.80. The van der Waals surface area contributed by atoms with Gasteiger partial charge in [-0.25, -0.2) is 14.2 Å². The van der Waals surface area contributed by atoms with Gasteiger partial charge in [0.1, 0.15) is 12.1 Å². The van der Waals surface area contributed by atoms with Crippen LogP contribution in [0.3, 0.4) is 0 Å². The zero-order valence-electron chi connectivity index (χ0n) is 18.3. The van der Waals surface area contributed by atoms with Crippen LogP contribution in [0, 0.1) is 5.92 Å². The van der Waals surface area contributed by atoms with Crippen molar-refractivity contribution in [3.63, 3.8) is 0 Å². The summed E-state index contributed by atoms with van der Waals surface area (Å²) in [4.78, 5) is 51.5. The Balaban J connectivity index is 2.14. The molecule has 2 aromatic carbocycles. The van der Waals surface area contributed by atoms with Crippen LogP contribution in [0.4, 0.5) is 0 Å². The largest absolute Gasteiger partial charge is 0.480 e. The summed E-state index contributed by atoms with van der Waals surface area (Å²) in [5.74, 6) is -1.82. The number of hydrogen-bond donors (Lipinski definition) is 2. The number of aromatic nitrogens is 2. The highest BCUT2D eigenvalue weighted by molar-refractivity contribution is 5.86. The van der Waals surface area contributed by atoms with Gasteiger partial charge in [0, 0.05) is 13.5 Å². The van der Waals surface area contributed by atoms with Gasteiger partial charge in [0.05, 0.1) is 10.9 Å². The molecule has 0 aliphatic carbocycles. The van der Waals surface area contributed by atoms with Crippen molar-refractivity contribution >= 4 is 22.8 Å². The second-order valence-electron chi connectivity index (χ2n) is 8.27. The molecule has 0 aliphatic heterocycles. The standard InChI is InChI=1S/C24H27N3O5/c1-15(2)13-18(23(30)31)25-21(28)20(14-16-9-5-4-6-10-16)27-22(29)17-11-7-8-12-19(17)26(3)24(27)32/h4-12,15,18,20H,13-14H2,1-3H3,(H,25,28)(H,30,31). The average molecular weight is 437 g/mol. The van der Waals surface area contributed by atoms with Crippen LogP contribution >= 0.6 is 0 Å². The summed E-state index contributed by atoms with van der Waals surface area (Å²) < 4.78 is 2.25. The van der Waals surface area contributed by atoms with E-state index in [1.165, 1.54) is 11.6 Å². The van der Waals surface area contributed by atoms with E-state index in [9.17, 15) is 24.3 Å². The van der Waals surface area contributed by atoms with Crippen LogP contribution in [0.15, 0.2) is 64.2 Å². The first kappa shape index (κ1) is 23.0. The molecular weight excluding hydrogens is 410 g/mol. The van der Waals surface area contributed by atoms with E-state index in [1.807, 2.05) is 19.9 Å². The lowest BCUT2D eigenvalue weighted by Crippen LogP contribution is -2.50. The van der Waals surface area contributed by atoms with Gasteiger partial charge in [-0.05, 0) is 30.0 Å². The number of benzene rings is 2. The molecule has 0 saturated heterocycles.